The molecular formula is C12H18N2O3. The summed E-state index contributed by atoms with van der Waals surface area (Å²) in [5.74, 6) is 0.104. The SMILES string of the molecule is C/C(N)=C/c1cc(C)cc(O)c1N.COC=O. The van der Waals surface area contributed by atoms with Crippen molar-refractivity contribution in [1.82, 2.24) is 0 Å². The van der Waals surface area contributed by atoms with Gasteiger partial charge < -0.3 is 21.3 Å². The first kappa shape index (κ1) is 14.8. The number of aryl methyl sites for hydroxylation is 1. The Morgan fingerprint density at radius 2 is 2.00 bits per heavy atom. The number of hydrogen-bond donors (Lipinski definition) is 3. The molecule has 94 valence electrons. The van der Waals surface area contributed by atoms with Gasteiger partial charge in [0.15, 0.2) is 0 Å². The van der Waals surface area contributed by atoms with Crippen LogP contribution in [0.2, 0.25) is 0 Å². The number of phenols is 1. The van der Waals surface area contributed by atoms with Crippen LogP contribution >= 0.6 is 0 Å². The molecule has 0 radical (unpaired) electrons. The number of nitrogen functional groups attached to an aromatic ring is 1. The average Bonchev–Trinajstić information content (AvgIpc) is 2.25. The normalized spacial score (nSPS) is 10.2. The zero-order chi connectivity index (χ0) is 13.4. The van der Waals surface area contributed by atoms with E-state index in [0.29, 0.717) is 17.9 Å². The Labute approximate surface area is 101 Å². The van der Waals surface area contributed by atoms with Gasteiger partial charge >= 0.3 is 0 Å². The third kappa shape index (κ3) is 5.46. The number of rotatable bonds is 2. The van der Waals surface area contributed by atoms with E-state index in [4.69, 9.17) is 16.3 Å². The summed E-state index contributed by atoms with van der Waals surface area (Å²) in [5.41, 5.74) is 13.9. The minimum Gasteiger partial charge on any atom is -0.506 e. The van der Waals surface area contributed by atoms with E-state index in [1.807, 2.05) is 13.0 Å². The topological polar surface area (TPSA) is 98.6 Å². The maximum atomic E-state index is 9.40. The lowest BCUT2D eigenvalue weighted by molar-refractivity contribution is -0.126. The van der Waals surface area contributed by atoms with E-state index in [1.54, 1.807) is 19.1 Å². The zero-order valence-corrected chi connectivity index (χ0v) is 10.2. The number of anilines is 1. The number of hydrogen-bond acceptors (Lipinski definition) is 5. The Morgan fingerprint density at radius 3 is 2.41 bits per heavy atom. The summed E-state index contributed by atoms with van der Waals surface area (Å²) in [6.07, 6.45) is 1.74. The second-order valence-corrected chi connectivity index (χ2v) is 3.51. The largest absolute Gasteiger partial charge is 0.506 e. The number of allylic oxidation sites excluding steroid dienone is 1. The smallest absolute Gasteiger partial charge is 0.292 e. The number of carbonyl (C=O) groups is 1. The van der Waals surface area contributed by atoms with E-state index < -0.39 is 0 Å². The molecule has 0 atom stereocenters. The van der Waals surface area contributed by atoms with Crippen molar-refractivity contribution < 1.29 is 14.6 Å². The van der Waals surface area contributed by atoms with Crippen molar-refractivity contribution in [3.63, 3.8) is 0 Å². The third-order valence-corrected chi connectivity index (χ3v) is 1.81. The van der Waals surface area contributed by atoms with Crippen molar-refractivity contribution in [2.45, 2.75) is 13.8 Å². The Morgan fingerprint density at radius 1 is 1.47 bits per heavy atom. The molecule has 0 aliphatic carbocycles. The van der Waals surface area contributed by atoms with Crippen LogP contribution in [-0.4, -0.2) is 18.7 Å². The second-order valence-electron chi connectivity index (χ2n) is 3.51. The standard InChI is InChI=1S/C10H14N2O.C2H4O2/c1-6-3-8(5-7(2)11)10(12)9(13)4-6;1-4-2-3/h3-5,13H,11-12H2,1-2H3;2H,1H3/b7-5-;. The van der Waals surface area contributed by atoms with Gasteiger partial charge in [0.2, 0.25) is 0 Å². The lowest BCUT2D eigenvalue weighted by atomic mass is 10.1. The van der Waals surface area contributed by atoms with E-state index in [1.165, 1.54) is 7.11 Å². The monoisotopic (exact) mass is 238 g/mol. The van der Waals surface area contributed by atoms with Crippen molar-refractivity contribution in [3.8, 4) is 5.75 Å². The van der Waals surface area contributed by atoms with Crippen molar-refractivity contribution in [3.05, 3.63) is 29.0 Å². The first-order valence-electron chi connectivity index (χ1n) is 4.91. The molecule has 0 saturated heterocycles. The minimum atomic E-state index is 0.104. The van der Waals surface area contributed by atoms with Gasteiger partial charge in [-0.2, -0.15) is 0 Å². The lowest BCUT2D eigenvalue weighted by Gasteiger charge is -2.05. The van der Waals surface area contributed by atoms with E-state index in [-0.39, 0.29) is 5.75 Å². The highest BCUT2D eigenvalue weighted by Crippen LogP contribution is 2.27. The highest BCUT2D eigenvalue weighted by atomic mass is 16.5. The number of ether oxygens (including phenoxy) is 1. The molecule has 1 rings (SSSR count). The molecule has 5 nitrogen and oxygen atoms in total. The van der Waals surface area contributed by atoms with E-state index in [0.717, 1.165) is 11.1 Å². The summed E-state index contributed by atoms with van der Waals surface area (Å²) in [4.78, 5) is 8.95. The van der Waals surface area contributed by atoms with E-state index in [2.05, 4.69) is 4.74 Å². The van der Waals surface area contributed by atoms with Gasteiger partial charge in [0.1, 0.15) is 5.75 Å². The van der Waals surface area contributed by atoms with Gasteiger partial charge in [-0.3, -0.25) is 4.79 Å². The molecule has 0 heterocycles. The van der Waals surface area contributed by atoms with Crippen molar-refractivity contribution >= 4 is 18.2 Å². The molecule has 0 saturated carbocycles. The van der Waals surface area contributed by atoms with Crippen molar-refractivity contribution in [2.75, 3.05) is 12.8 Å². The van der Waals surface area contributed by atoms with Crippen LogP contribution in [0.1, 0.15) is 18.1 Å². The molecule has 0 unspecified atom stereocenters. The molecule has 0 aliphatic heterocycles. The second kappa shape index (κ2) is 7.16. The fourth-order valence-electron chi connectivity index (χ4n) is 1.17. The number of phenolic OH excluding ortho intramolecular Hbond substituents is 1. The van der Waals surface area contributed by atoms with Crippen LogP contribution in [0, 0.1) is 6.92 Å². The first-order valence-corrected chi connectivity index (χ1v) is 4.91. The maximum Gasteiger partial charge on any atom is 0.292 e. The fraction of sp³-hybridized carbons (Fsp3) is 0.250. The molecule has 0 aliphatic rings. The summed E-state index contributed by atoms with van der Waals surface area (Å²) in [7, 11) is 1.31. The Hall–Kier alpha value is -2.17. The lowest BCUT2D eigenvalue weighted by Crippen LogP contribution is -1.95. The summed E-state index contributed by atoms with van der Waals surface area (Å²) < 4.78 is 3.86. The van der Waals surface area contributed by atoms with Gasteiger partial charge in [0.05, 0.1) is 12.8 Å². The van der Waals surface area contributed by atoms with Crippen LogP contribution < -0.4 is 11.5 Å². The molecule has 0 fully saturated rings. The van der Waals surface area contributed by atoms with Gasteiger partial charge in [-0.25, -0.2) is 0 Å². The van der Waals surface area contributed by atoms with Crippen LogP contribution in [-0.2, 0) is 9.53 Å². The molecule has 0 spiro atoms. The summed E-state index contributed by atoms with van der Waals surface area (Å²) >= 11 is 0. The zero-order valence-electron chi connectivity index (χ0n) is 10.2. The molecule has 1 aromatic rings. The van der Waals surface area contributed by atoms with Gasteiger partial charge in [0.25, 0.3) is 6.47 Å². The van der Waals surface area contributed by atoms with Crippen LogP contribution in [0.5, 0.6) is 5.75 Å². The Kier molecular flexibility index (Phi) is 6.25. The van der Waals surface area contributed by atoms with Gasteiger partial charge in [0, 0.05) is 11.3 Å². The Balaban J connectivity index is 0.000000557. The van der Waals surface area contributed by atoms with E-state index in [9.17, 15) is 5.11 Å². The van der Waals surface area contributed by atoms with Crippen molar-refractivity contribution in [2.24, 2.45) is 5.73 Å². The number of aromatic hydroxyl groups is 1. The summed E-state index contributed by atoms with van der Waals surface area (Å²) in [6, 6.07) is 3.50. The number of nitrogens with two attached hydrogens (primary N) is 2. The number of carbonyl (C=O) groups excluding carboxylic acids is 1. The quantitative estimate of drug-likeness (QED) is 0.411. The van der Waals surface area contributed by atoms with Gasteiger partial charge in [-0.1, -0.05) is 0 Å². The third-order valence-electron chi connectivity index (χ3n) is 1.81. The van der Waals surface area contributed by atoms with Crippen LogP contribution in [0.25, 0.3) is 6.08 Å². The molecular weight excluding hydrogens is 220 g/mol. The van der Waals surface area contributed by atoms with E-state index >= 15 is 0 Å². The number of benzene rings is 1. The Bertz CT molecular complexity index is 410. The highest BCUT2D eigenvalue weighted by Gasteiger charge is 2.02. The minimum absolute atomic E-state index is 0.104. The number of methoxy groups -OCH3 is 1. The summed E-state index contributed by atoms with van der Waals surface area (Å²) in [5, 5.41) is 9.40. The predicted molar refractivity (Wildman–Crippen MR) is 68.2 cm³/mol. The first-order chi connectivity index (χ1) is 7.92. The average molecular weight is 238 g/mol. The molecule has 1 aromatic carbocycles. The highest BCUT2D eigenvalue weighted by molar-refractivity contribution is 5.71. The van der Waals surface area contributed by atoms with Crippen LogP contribution in [0.3, 0.4) is 0 Å². The van der Waals surface area contributed by atoms with Gasteiger partial charge in [-0.05, 0) is 37.6 Å². The van der Waals surface area contributed by atoms with Crippen molar-refractivity contribution in [1.29, 1.82) is 0 Å². The molecule has 0 bridgehead atoms. The molecule has 0 aromatic heterocycles. The molecule has 5 N–H and O–H groups in total. The van der Waals surface area contributed by atoms with Crippen LogP contribution in [0.15, 0.2) is 17.8 Å². The molecule has 5 heteroatoms. The van der Waals surface area contributed by atoms with Crippen LogP contribution in [0.4, 0.5) is 5.69 Å². The molecule has 0 amide bonds. The van der Waals surface area contributed by atoms with Gasteiger partial charge in [-0.15, -0.1) is 0 Å². The fourth-order valence-corrected chi connectivity index (χ4v) is 1.17. The maximum absolute atomic E-state index is 9.40. The summed E-state index contributed by atoms with van der Waals surface area (Å²) in [6.45, 7) is 4.04. The molecule has 17 heavy (non-hydrogen) atoms. The predicted octanol–water partition coefficient (Wildman–Crippen LogP) is 1.39.